The molecular formula is C45H28N4O. The number of hydrogen-bond donors (Lipinski definition) is 0. The van der Waals surface area contributed by atoms with Gasteiger partial charge in [-0.05, 0) is 70.7 Å². The molecule has 5 nitrogen and oxygen atoms in total. The van der Waals surface area contributed by atoms with Crippen LogP contribution in [0.1, 0.15) is 8.22 Å². The number of furan rings is 1. The molecule has 0 unspecified atom stereocenters. The van der Waals surface area contributed by atoms with E-state index >= 15 is 0 Å². The summed E-state index contributed by atoms with van der Waals surface area (Å²) in [6, 6.07) is 41.3. The van der Waals surface area contributed by atoms with Crippen molar-refractivity contribution in [2.24, 2.45) is 0 Å². The minimum absolute atomic E-state index is 0.0531. The molecule has 0 fully saturated rings. The van der Waals surface area contributed by atoms with Gasteiger partial charge in [0.15, 0.2) is 11.6 Å². The van der Waals surface area contributed by atoms with Crippen molar-refractivity contribution in [1.29, 1.82) is 0 Å². The number of fused-ring (bicyclic) bond motifs is 6. The van der Waals surface area contributed by atoms with Crippen molar-refractivity contribution in [3.8, 4) is 51.0 Å². The number of hydrogen-bond acceptors (Lipinski definition) is 4. The Kier molecular flexibility index (Phi) is 5.17. The molecule has 50 heavy (non-hydrogen) atoms. The average Bonchev–Trinajstić information content (AvgIpc) is 3.80. The van der Waals surface area contributed by atoms with Gasteiger partial charge in [-0.3, -0.25) is 4.57 Å². The first-order valence-electron chi connectivity index (χ1n) is 19.2. The van der Waals surface area contributed by atoms with Gasteiger partial charge in [-0.25, -0.2) is 4.98 Å². The van der Waals surface area contributed by atoms with Crippen LogP contribution < -0.4 is 0 Å². The van der Waals surface area contributed by atoms with Crippen LogP contribution >= 0.6 is 0 Å². The summed E-state index contributed by atoms with van der Waals surface area (Å²) < 4.78 is 60.7. The van der Waals surface area contributed by atoms with Gasteiger partial charge in [-0.2, -0.15) is 9.97 Å². The Morgan fingerprint density at radius 1 is 0.420 bits per heavy atom. The second-order valence-electron chi connectivity index (χ2n) is 12.0. The quantitative estimate of drug-likeness (QED) is 0.187. The molecule has 0 amide bonds. The molecule has 5 heteroatoms. The molecule has 234 valence electrons. The Morgan fingerprint density at radius 3 is 1.64 bits per heavy atom. The van der Waals surface area contributed by atoms with Crippen LogP contribution in [0.2, 0.25) is 0 Å². The van der Waals surface area contributed by atoms with Gasteiger partial charge < -0.3 is 4.42 Å². The van der Waals surface area contributed by atoms with Crippen molar-refractivity contribution in [3.05, 3.63) is 170 Å². The summed E-state index contributed by atoms with van der Waals surface area (Å²) in [5.41, 5.74) is 6.91. The van der Waals surface area contributed by atoms with E-state index in [0.717, 1.165) is 38.6 Å². The maximum atomic E-state index is 9.07. The van der Waals surface area contributed by atoms with E-state index < -0.39 is 0 Å². The van der Waals surface area contributed by atoms with Gasteiger partial charge in [0, 0.05) is 32.7 Å². The van der Waals surface area contributed by atoms with Gasteiger partial charge in [-0.15, -0.1) is 0 Å². The highest BCUT2D eigenvalue weighted by atomic mass is 16.3. The molecule has 3 aromatic heterocycles. The fourth-order valence-electron chi connectivity index (χ4n) is 6.65. The molecular weight excluding hydrogens is 613 g/mol. The first kappa shape index (κ1) is 22.7. The number of nitrogens with zero attached hydrogens (tertiary/aromatic N) is 4. The van der Waals surface area contributed by atoms with E-state index in [1.807, 2.05) is 115 Å². The van der Waals surface area contributed by atoms with Crippen molar-refractivity contribution in [2.45, 2.75) is 0 Å². The zero-order valence-corrected chi connectivity index (χ0v) is 26.4. The fourth-order valence-corrected chi connectivity index (χ4v) is 6.65. The topological polar surface area (TPSA) is 56.7 Å². The van der Waals surface area contributed by atoms with Crippen LogP contribution in [0.5, 0.6) is 0 Å². The van der Waals surface area contributed by atoms with E-state index in [1.54, 1.807) is 0 Å². The summed E-state index contributed by atoms with van der Waals surface area (Å²) in [7, 11) is 0. The lowest BCUT2D eigenvalue weighted by molar-refractivity contribution is 0.669. The summed E-state index contributed by atoms with van der Waals surface area (Å²) in [5.74, 6) is 0.652. The van der Waals surface area contributed by atoms with Crippen LogP contribution in [0.15, 0.2) is 174 Å². The molecule has 10 aromatic rings. The number of aromatic nitrogens is 4. The van der Waals surface area contributed by atoms with E-state index in [4.69, 9.17) is 27.6 Å². The van der Waals surface area contributed by atoms with E-state index in [9.17, 15) is 0 Å². The predicted molar refractivity (Wildman–Crippen MR) is 203 cm³/mol. The lowest BCUT2D eigenvalue weighted by Gasteiger charge is -2.13. The van der Waals surface area contributed by atoms with Crippen molar-refractivity contribution in [1.82, 2.24) is 19.5 Å². The Balaban J connectivity index is 1.31. The zero-order valence-electron chi connectivity index (χ0n) is 32.4. The lowest BCUT2D eigenvalue weighted by atomic mass is 9.96. The van der Waals surface area contributed by atoms with Crippen molar-refractivity contribution in [2.75, 3.05) is 0 Å². The van der Waals surface area contributed by atoms with Gasteiger partial charge in [0.1, 0.15) is 11.2 Å². The van der Waals surface area contributed by atoms with E-state index in [-0.39, 0.29) is 64.0 Å². The summed E-state index contributed by atoms with van der Waals surface area (Å²) >= 11 is 0. The number of benzene rings is 7. The molecule has 10 rings (SSSR count). The predicted octanol–water partition coefficient (Wildman–Crippen LogP) is 11.5. The SMILES string of the molecule is [2H]c1cc([2H])c2c(c1[2H])c1c([2H])c([2H])cc([2H])c1n2-c1nc(-c2cc(-c3ccccc3)cc(-c3ccccc3)c2)nc(-c2ccc3c(c2)oc2ccccc23)n1. The molecule has 0 saturated heterocycles. The van der Waals surface area contributed by atoms with Gasteiger partial charge in [-0.1, -0.05) is 121 Å². The summed E-state index contributed by atoms with van der Waals surface area (Å²) in [6.45, 7) is 0. The molecule has 0 aliphatic rings. The van der Waals surface area contributed by atoms with Crippen LogP contribution in [-0.2, 0) is 0 Å². The Morgan fingerprint density at radius 2 is 0.980 bits per heavy atom. The molecule has 0 atom stereocenters. The molecule has 0 spiro atoms. The minimum Gasteiger partial charge on any atom is -0.456 e. The summed E-state index contributed by atoms with van der Waals surface area (Å²) in [4.78, 5) is 15.1. The number of para-hydroxylation sites is 3. The van der Waals surface area contributed by atoms with Crippen molar-refractivity contribution >= 4 is 43.7 Å². The van der Waals surface area contributed by atoms with Gasteiger partial charge >= 0.3 is 0 Å². The summed E-state index contributed by atoms with van der Waals surface area (Å²) in [6.07, 6.45) is 0. The maximum absolute atomic E-state index is 9.07. The monoisotopic (exact) mass is 646 g/mol. The second kappa shape index (κ2) is 11.4. The number of rotatable bonds is 5. The first-order valence-corrected chi connectivity index (χ1v) is 16.2. The van der Waals surface area contributed by atoms with E-state index in [2.05, 4.69) is 6.07 Å². The second-order valence-corrected chi connectivity index (χ2v) is 12.0. The van der Waals surface area contributed by atoms with Crippen LogP contribution in [-0.4, -0.2) is 19.5 Å². The minimum atomic E-state index is -0.217. The lowest BCUT2D eigenvalue weighted by Crippen LogP contribution is -2.06. The molecule has 0 aliphatic carbocycles. The van der Waals surface area contributed by atoms with Gasteiger partial charge in [0.2, 0.25) is 5.95 Å². The average molecular weight is 647 g/mol. The highest BCUT2D eigenvalue weighted by Crippen LogP contribution is 2.36. The van der Waals surface area contributed by atoms with Gasteiger partial charge in [0.05, 0.1) is 19.3 Å². The van der Waals surface area contributed by atoms with E-state index in [0.29, 0.717) is 28.4 Å². The first-order chi connectivity index (χ1) is 27.2. The van der Waals surface area contributed by atoms with E-state index in [1.165, 1.54) is 16.7 Å². The fraction of sp³-hybridized carbons (Fsp3) is 0. The van der Waals surface area contributed by atoms with Crippen LogP contribution in [0.4, 0.5) is 0 Å². The summed E-state index contributed by atoms with van der Waals surface area (Å²) in [5, 5.41) is 2.16. The third kappa shape index (κ3) is 4.67. The highest BCUT2D eigenvalue weighted by Gasteiger charge is 2.19. The third-order valence-electron chi connectivity index (χ3n) is 8.99. The van der Waals surface area contributed by atoms with Crippen LogP contribution in [0.3, 0.4) is 0 Å². The smallest absolute Gasteiger partial charge is 0.238 e. The van der Waals surface area contributed by atoms with Crippen LogP contribution in [0, 0.1) is 0 Å². The van der Waals surface area contributed by atoms with Crippen molar-refractivity contribution in [3.63, 3.8) is 0 Å². The molecule has 0 radical (unpaired) electrons. The van der Waals surface area contributed by atoms with Crippen molar-refractivity contribution < 1.29 is 12.6 Å². The van der Waals surface area contributed by atoms with Crippen LogP contribution in [0.25, 0.3) is 94.7 Å². The maximum Gasteiger partial charge on any atom is 0.238 e. The molecule has 0 aliphatic heterocycles. The Labute approximate surface area is 296 Å². The molecule has 0 bridgehead atoms. The largest absolute Gasteiger partial charge is 0.456 e. The third-order valence-corrected chi connectivity index (χ3v) is 8.99. The highest BCUT2D eigenvalue weighted by molar-refractivity contribution is 6.09. The molecule has 3 heterocycles. The Bertz CT molecular complexity index is 3090. The molecule has 0 N–H and O–H groups in total. The molecule has 7 aromatic carbocycles. The standard InChI is InChI=1S/C45H28N4O/c1-3-13-29(14-4-1)32-25-33(30-15-5-2-6-16-30)27-34(26-32)44-46-43(31-23-24-38-37-19-9-12-22-41(37)50-42(38)28-31)47-45(48-44)49-39-20-10-7-17-35(39)36-18-8-11-21-40(36)49/h1-28H/i7D,8D,17D,18D,20D,21D. The zero-order chi connectivity index (χ0) is 38.2. The Hall–Kier alpha value is -6.85. The normalized spacial score (nSPS) is 13.3. The molecule has 0 saturated carbocycles. The van der Waals surface area contributed by atoms with Gasteiger partial charge in [0.25, 0.3) is 0 Å².